The number of H-pyrrole nitrogens is 1. The maximum Gasteiger partial charge on any atom is 0.308 e. The number of aliphatic carboxylic acids is 1. The third-order valence-electron chi connectivity index (χ3n) is 9.43. The molecule has 2 heterocycles. The molecule has 0 fully saturated rings. The quantitative estimate of drug-likeness (QED) is 0.0527. The van der Waals surface area contributed by atoms with Crippen molar-refractivity contribution in [1.29, 1.82) is 0 Å². The summed E-state index contributed by atoms with van der Waals surface area (Å²) in [4.78, 5) is 58.3. The fourth-order valence-corrected chi connectivity index (χ4v) is 6.21. The summed E-state index contributed by atoms with van der Waals surface area (Å²) in [6, 6.07) is 9.08. The zero-order chi connectivity index (χ0) is 41.0. The van der Waals surface area contributed by atoms with Crippen molar-refractivity contribution in [3.8, 4) is 5.75 Å². The van der Waals surface area contributed by atoms with Gasteiger partial charge in [0.05, 0.1) is 44.5 Å². The van der Waals surface area contributed by atoms with Crippen molar-refractivity contribution in [1.82, 2.24) is 25.2 Å². The zero-order valence-electron chi connectivity index (χ0n) is 33.6. The molecule has 15 nitrogen and oxygen atoms in total. The Kier molecular flexibility index (Phi) is 18.5. The first-order valence-electron chi connectivity index (χ1n) is 19.7. The van der Waals surface area contributed by atoms with Crippen molar-refractivity contribution < 1.29 is 38.4 Å². The lowest BCUT2D eigenvalue weighted by molar-refractivity contribution is -0.141. The number of carbonyl (C=O) groups excluding carboxylic acids is 2. The molecule has 4 aromatic rings. The number of carboxylic acid groups (broad SMARTS) is 1. The molecule has 2 aromatic heterocycles. The van der Waals surface area contributed by atoms with Crippen molar-refractivity contribution in [2.75, 3.05) is 64.7 Å². The smallest absolute Gasteiger partial charge is 0.308 e. The van der Waals surface area contributed by atoms with Crippen LogP contribution in [0.25, 0.3) is 10.9 Å². The Labute approximate surface area is 333 Å². The second-order valence-corrected chi connectivity index (χ2v) is 14.0. The van der Waals surface area contributed by atoms with Crippen LogP contribution >= 0.6 is 0 Å². The molecule has 0 aliphatic rings. The van der Waals surface area contributed by atoms with Crippen LogP contribution in [0.3, 0.4) is 0 Å². The van der Waals surface area contributed by atoms with Crippen LogP contribution in [0, 0.1) is 19.8 Å². The Bertz CT molecular complexity index is 1920. The van der Waals surface area contributed by atoms with Crippen LogP contribution in [0.4, 0.5) is 5.95 Å². The summed E-state index contributed by atoms with van der Waals surface area (Å²) in [6.07, 6.45) is 8.76. The lowest BCUT2D eigenvalue weighted by Crippen LogP contribution is -2.36. The molecule has 57 heavy (non-hydrogen) atoms. The summed E-state index contributed by atoms with van der Waals surface area (Å²) in [5, 5.41) is 19.2. The van der Waals surface area contributed by atoms with Gasteiger partial charge in [0.2, 0.25) is 11.3 Å². The molecule has 0 saturated heterocycles. The van der Waals surface area contributed by atoms with Gasteiger partial charge >= 0.3 is 5.97 Å². The molecular weight excluding hydrogens is 732 g/mol. The van der Waals surface area contributed by atoms with E-state index in [1.807, 2.05) is 38.1 Å². The molecule has 1 atom stereocenters. The molecule has 5 N–H and O–H groups in total. The van der Waals surface area contributed by atoms with Gasteiger partial charge in [-0.3, -0.25) is 19.2 Å². The Morgan fingerprint density at radius 2 is 1.61 bits per heavy atom. The highest BCUT2D eigenvalue weighted by molar-refractivity contribution is 5.97. The van der Waals surface area contributed by atoms with E-state index in [0.29, 0.717) is 94.6 Å². The van der Waals surface area contributed by atoms with Gasteiger partial charge in [-0.2, -0.15) is 0 Å². The van der Waals surface area contributed by atoms with Gasteiger partial charge in [-0.25, -0.2) is 4.98 Å². The number of aryl methyl sites for hydroxylation is 3. The van der Waals surface area contributed by atoms with Gasteiger partial charge in [0, 0.05) is 70.3 Å². The monoisotopic (exact) mass is 790 g/mol. The number of carbonyl (C=O) groups is 3. The summed E-state index contributed by atoms with van der Waals surface area (Å²) in [5.74, 6) is -1.42. The number of hydrogen-bond acceptors (Lipinski definition) is 10. The minimum absolute atomic E-state index is 0.0512. The Balaban J connectivity index is 1.17. The van der Waals surface area contributed by atoms with Gasteiger partial charge in [-0.05, 0) is 86.1 Å². The number of amides is 2. The third-order valence-corrected chi connectivity index (χ3v) is 9.43. The maximum absolute atomic E-state index is 13.4. The minimum Gasteiger partial charge on any atom is -0.494 e. The average molecular weight is 791 g/mol. The Morgan fingerprint density at radius 3 is 2.28 bits per heavy atom. The SMILES string of the molecule is CCCCOCCOCCOCCCNC(=O)CCCOc1cc(C)c(CC(CNC(=O)c2cn(C)c3cc(CNc4ncc[nH]4)ccc3c2=O)C(=O)O)c(C)c1. The van der Waals surface area contributed by atoms with Crippen LogP contribution in [0.15, 0.2) is 53.7 Å². The fourth-order valence-electron chi connectivity index (χ4n) is 6.21. The van der Waals surface area contributed by atoms with Gasteiger partial charge in [-0.15, -0.1) is 0 Å². The van der Waals surface area contributed by atoms with Gasteiger partial charge in [0.15, 0.2) is 5.95 Å². The molecule has 0 aliphatic carbocycles. The first kappa shape index (κ1) is 44.5. The summed E-state index contributed by atoms with van der Waals surface area (Å²) in [6.45, 7) is 10.6. The van der Waals surface area contributed by atoms with Gasteiger partial charge in [0.25, 0.3) is 5.91 Å². The number of carboxylic acids is 1. The molecule has 0 spiro atoms. The number of benzene rings is 2. The van der Waals surface area contributed by atoms with Crippen molar-refractivity contribution in [2.24, 2.45) is 13.0 Å². The molecule has 310 valence electrons. The number of hydrogen-bond donors (Lipinski definition) is 5. The van der Waals surface area contributed by atoms with Crippen molar-refractivity contribution in [3.05, 3.63) is 87.0 Å². The number of nitrogens with one attached hydrogen (secondary N) is 4. The van der Waals surface area contributed by atoms with Gasteiger partial charge < -0.3 is 49.6 Å². The predicted molar refractivity (Wildman–Crippen MR) is 218 cm³/mol. The molecule has 15 heteroatoms. The molecule has 0 saturated carbocycles. The number of imidazole rings is 1. The molecule has 2 aromatic carbocycles. The molecule has 0 bridgehead atoms. The molecule has 1 unspecified atom stereocenters. The van der Waals surface area contributed by atoms with Crippen LogP contribution in [0.5, 0.6) is 5.75 Å². The number of aromatic amines is 1. The topological polar surface area (TPSA) is 195 Å². The third kappa shape index (κ3) is 14.6. The number of nitrogens with zero attached hydrogens (tertiary/aromatic N) is 2. The van der Waals surface area contributed by atoms with Crippen LogP contribution in [-0.4, -0.2) is 96.8 Å². The van der Waals surface area contributed by atoms with E-state index in [0.717, 1.165) is 41.7 Å². The number of pyridine rings is 1. The number of anilines is 1. The highest BCUT2D eigenvalue weighted by Crippen LogP contribution is 2.25. The van der Waals surface area contributed by atoms with E-state index in [9.17, 15) is 24.3 Å². The molecular formula is C42H58N6O9. The average Bonchev–Trinajstić information content (AvgIpc) is 3.72. The Morgan fingerprint density at radius 1 is 0.912 bits per heavy atom. The van der Waals surface area contributed by atoms with Crippen LogP contribution < -0.4 is 26.1 Å². The number of aromatic nitrogens is 3. The first-order chi connectivity index (χ1) is 27.6. The normalized spacial score (nSPS) is 11.7. The lowest BCUT2D eigenvalue weighted by atomic mass is 9.92. The number of rotatable bonds is 27. The largest absolute Gasteiger partial charge is 0.494 e. The van der Waals surface area contributed by atoms with Crippen LogP contribution in [-0.2, 0) is 43.8 Å². The van der Waals surface area contributed by atoms with E-state index < -0.39 is 23.2 Å². The number of unbranched alkanes of at least 4 members (excludes halogenated alkanes) is 1. The standard InChI is InChI=1S/C42H58N6O9/c1-5-6-15-54-18-20-56-21-19-55-16-8-12-43-38(49)9-7-17-57-33-22-29(2)35(30(3)23-33)25-32(41(52)53)27-46-40(51)36-28-48(4)37-24-31(10-11-34(37)39(36)50)26-47-42-44-13-14-45-42/h10-11,13-14,22-24,28,32H,5-9,12,15-21,25-27H2,1-4H3,(H,43,49)(H,46,51)(H,52,53)(H2,44,45,47). The molecule has 0 aliphatic heterocycles. The van der Waals surface area contributed by atoms with E-state index >= 15 is 0 Å². The van der Waals surface area contributed by atoms with Crippen LogP contribution in [0.1, 0.15) is 71.6 Å². The summed E-state index contributed by atoms with van der Waals surface area (Å²) < 4.78 is 24.1. The second-order valence-electron chi connectivity index (χ2n) is 14.0. The van der Waals surface area contributed by atoms with Gasteiger partial charge in [-0.1, -0.05) is 19.4 Å². The first-order valence-corrected chi connectivity index (χ1v) is 19.7. The van der Waals surface area contributed by atoms with Crippen molar-refractivity contribution in [2.45, 2.75) is 65.8 Å². The minimum atomic E-state index is -1.06. The van der Waals surface area contributed by atoms with E-state index in [1.54, 1.807) is 30.1 Å². The van der Waals surface area contributed by atoms with E-state index in [1.165, 1.54) is 6.20 Å². The highest BCUT2D eigenvalue weighted by atomic mass is 16.5. The van der Waals surface area contributed by atoms with Crippen LogP contribution in [0.2, 0.25) is 0 Å². The number of ether oxygens (including phenoxy) is 4. The zero-order valence-corrected chi connectivity index (χ0v) is 33.6. The fraction of sp³-hybridized carbons (Fsp3) is 0.500. The van der Waals surface area contributed by atoms with Crippen molar-refractivity contribution in [3.63, 3.8) is 0 Å². The molecule has 2 amide bonds. The number of fused-ring (bicyclic) bond motifs is 1. The van der Waals surface area contributed by atoms with E-state index in [4.69, 9.17) is 18.9 Å². The van der Waals surface area contributed by atoms with E-state index in [-0.39, 0.29) is 24.4 Å². The predicted octanol–water partition coefficient (Wildman–Crippen LogP) is 4.68. The van der Waals surface area contributed by atoms with Gasteiger partial charge in [0.1, 0.15) is 11.3 Å². The molecule has 0 radical (unpaired) electrons. The Hall–Kier alpha value is -5.25. The second kappa shape index (κ2) is 23.7. The summed E-state index contributed by atoms with van der Waals surface area (Å²) in [5.41, 5.74) is 3.63. The molecule has 4 rings (SSSR count). The highest BCUT2D eigenvalue weighted by Gasteiger charge is 2.23. The van der Waals surface area contributed by atoms with Crippen molar-refractivity contribution >= 4 is 34.6 Å². The summed E-state index contributed by atoms with van der Waals surface area (Å²) >= 11 is 0. The maximum atomic E-state index is 13.4. The lowest BCUT2D eigenvalue weighted by Gasteiger charge is -2.18. The van der Waals surface area contributed by atoms with E-state index in [2.05, 4.69) is 32.8 Å². The summed E-state index contributed by atoms with van der Waals surface area (Å²) in [7, 11) is 1.75.